The maximum atomic E-state index is 12.6. The van der Waals surface area contributed by atoms with Crippen molar-refractivity contribution in [1.29, 1.82) is 0 Å². The van der Waals surface area contributed by atoms with Gasteiger partial charge in [-0.3, -0.25) is 0 Å². The van der Waals surface area contributed by atoms with Crippen LogP contribution in [0, 0.1) is 0 Å². The van der Waals surface area contributed by atoms with Crippen LogP contribution in [0.1, 0.15) is 43.9 Å². The molecule has 0 bridgehead atoms. The van der Waals surface area contributed by atoms with Gasteiger partial charge >= 0.3 is 0 Å². The lowest BCUT2D eigenvalue weighted by Crippen LogP contribution is -2.35. The molecule has 2 aromatic rings. The Morgan fingerprint density at radius 2 is 1.91 bits per heavy atom. The summed E-state index contributed by atoms with van der Waals surface area (Å²) in [5, 5.41) is 8.09. The molecule has 6 nitrogen and oxygen atoms in total. The van der Waals surface area contributed by atoms with Crippen molar-refractivity contribution in [3.05, 3.63) is 18.0 Å². The zero-order valence-electron chi connectivity index (χ0n) is 12.1. The summed E-state index contributed by atoms with van der Waals surface area (Å²) in [5.41, 5.74) is 0. The van der Waals surface area contributed by atoms with Crippen molar-refractivity contribution >= 4 is 21.4 Å². The molecule has 0 amide bonds. The van der Waals surface area contributed by atoms with Crippen LogP contribution in [0.4, 0.5) is 0 Å². The second-order valence-corrected chi connectivity index (χ2v) is 9.05. The molecule has 22 heavy (non-hydrogen) atoms. The molecule has 0 atom stereocenters. The summed E-state index contributed by atoms with van der Waals surface area (Å²) >= 11 is 1.21. The Hall–Kier alpha value is -1.25. The van der Waals surface area contributed by atoms with E-state index < -0.39 is 10.0 Å². The molecule has 0 radical (unpaired) electrons. The third kappa shape index (κ3) is 2.59. The molecule has 1 aliphatic carbocycles. The van der Waals surface area contributed by atoms with Gasteiger partial charge in [-0.15, -0.1) is 21.5 Å². The van der Waals surface area contributed by atoms with E-state index in [2.05, 4.69) is 10.2 Å². The number of nitrogens with zero attached hydrogens (tertiary/aromatic N) is 3. The van der Waals surface area contributed by atoms with E-state index in [1.807, 2.05) is 0 Å². The molecule has 0 aromatic carbocycles. The van der Waals surface area contributed by atoms with Gasteiger partial charge in [-0.05, 0) is 37.8 Å². The number of hydrogen-bond acceptors (Lipinski definition) is 6. The first-order valence-corrected chi connectivity index (χ1v) is 9.84. The topological polar surface area (TPSA) is 76.3 Å². The fraction of sp³-hybridized carbons (Fsp3) is 0.571. The number of sulfonamides is 1. The molecule has 1 saturated carbocycles. The van der Waals surface area contributed by atoms with E-state index in [9.17, 15) is 8.42 Å². The Bertz CT molecular complexity index is 771. The average molecular weight is 339 g/mol. The number of rotatable bonds is 4. The van der Waals surface area contributed by atoms with Crippen LogP contribution >= 0.6 is 11.3 Å². The van der Waals surface area contributed by atoms with Crippen molar-refractivity contribution in [3.8, 4) is 10.8 Å². The smallest absolute Gasteiger partial charge is 0.257 e. The number of piperidine rings is 1. The lowest BCUT2D eigenvalue weighted by atomic mass is 10.2. The zero-order valence-corrected chi connectivity index (χ0v) is 13.7. The Balaban J connectivity index is 1.59. The standard InChI is InChI=1S/C14H17N3O3S2/c18-22(19,17-8-2-1-3-9-17)12-7-6-11(21-12)14-16-15-13(20-14)10-4-5-10/h6-7,10H,1-5,8-9H2. The summed E-state index contributed by atoms with van der Waals surface area (Å²) in [5.74, 6) is 1.49. The van der Waals surface area contributed by atoms with Crippen molar-refractivity contribution in [1.82, 2.24) is 14.5 Å². The second kappa shape index (κ2) is 5.43. The molecule has 2 aliphatic rings. The first kappa shape index (κ1) is 14.3. The molecular weight excluding hydrogens is 322 g/mol. The van der Waals surface area contributed by atoms with Gasteiger partial charge in [-0.25, -0.2) is 8.42 Å². The zero-order chi connectivity index (χ0) is 15.2. The van der Waals surface area contributed by atoms with Gasteiger partial charge in [-0.1, -0.05) is 6.42 Å². The van der Waals surface area contributed by atoms with Crippen LogP contribution in [0.3, 0.4) is 0 Å². The SMILES string of the molecule is O=S(=O)(c1ccc(-c2nnc(C3CC3)o2)s1)N1CCCCC1. The molecule has 118 valence electrons. The summed E-state index contributed by atoms with van der Waals surface area (Å²) in [6, 6.07) is 3.40. The molecular formula is C14H17N3O3S2. The van der Waals surface area contributed by atoms with Gasteiger partial charge in [-0.2, -0.15) is 4.31 Å². The molecule has 2 aromatic heterocycles. The van der Waals surface area contributed by atoms with Gasteiger partial charge in [0.15, 0.2) is 0 Å². The number of aromatic nitrogens is 2. The third-order valence-corrected chi connectivity index (χ3v) is 7.51. The Labute approximate surface area is 133 Å². The Morgan fingerprint density at radius 3 is 2.64 bits per heavy atom. The van der Waals surface area contributed by atoms with Crippen LogP contribution in [0.2, 0.25) is 0 Å². The van der Waals surface area contributed by atoms with E-state index >= 15 is 0 Å². The minimum atomic E-state index is -3.38. The highest BCUT2D eigenvalue weighted by Crippen LogP contribution is 2.41. The molecule has 4 rings (SSSR count). The van der Waals surface area contributed by atoms with Crippen LogP contribution in [0.15, 0.2) is 20.8 Å². The van der Waals surface area contributed by atoms with E-state index in [1.165, 1.54) is 11.3 Å². The monoisotopic (exact) mass is 339 g/mol. The maximum absolute atomic E-state index is 12.6. The van der Waals surface area contributed by atoms with Gasteiger partial charge in [0, 0.05) is 19.0 Å². The summed E-state index contributed by atoms with van der Waals surface area (Å²) in [7, 11) is -3.38. The summed E-state index contributed by atoms with van der Waals surface area (Å²) in [6.07, 6.45) is 5.17. The molecule has 0 unspecified atom stereocenters. The normalized spacial score (nSPS) is 20.4. The molecule has 0 N–H and O–H groups in total. The molecule has 2 fully saturated rings. The molecule has 1 saturated heterocycles. The van der Waals surface area contributed by atoms with Crippen LogP contribution < -0.4 is 0 Å². The van der Waals surface area contributed by atoms with Crippen LogP contribution in [-0.4, -0.2) is 36.0 Å². The largest absolute Gasteiger partial charge is 0.420 e. The van der Waals surface area contributed by atoms with Crippen LogP contribution in [0.5, 0.6) is 0 Å². The predicted octanol–water partition coefficient (Wildman–Crippen LogP) is 2.85. The molecule has 3 heterocycles. The van der Waals surface area contributed by atoms with Gasteiger partial charge < -0.3 is 4.42 Å². The first-order chi connectivity index (χ1) is 10.6. The average Bonchev–Trinajstić information content (AvgIpc) is 3.06. The van der Waals surface area contributed by atoms with Gasteiger partial charge in [0.05, 0.1) is 4.88 Å². The summed E-state index contributed by atoms with van der Waals surface area (Å²) < 4.78 is 32.8. The van der Waals surface area contributed by atoms with Crippen molar-refractivity contribution in [2.75, 3.05) is 13.1 Å². The third-order valence-electron chi connectivity index (χ3n) is 4.07. The van der Waals surface area contributed by atoms with Gasteiger partial charge in [0.25, 0.3) is 15.9 Å². The van der Waals surface area contributed by atoms with Crippen molar-refractivity contribution in [2.24, 2.45) is 0 Å². The Kier molecular flexibility index (Phi) is 3.54. The molecule has 8 heteroatoms. The minimum absolute atomic E-state index is 0.357. The highest BCUT2D eigenvalue weighted by molar-refractivity contribution is 7.91. The molecule has 0 spiro atoms. The van der Waals surface area contributed by atoms with Crippen molar-refractivity contribution in [2.45, 2.75) is 42.2 Å². The summed E-state index contributed by atoms with van der Waals surface area (Å²) in [6.45, 7) is 1.23. The Morgan fingerprint density at radius 1 is 1.14 bits per heavy atom. The number of thiophene rings is 1. The first-order valence-electron chi connectivity index (χ1n) is 7.58. The second-order valence-electron chi connectivity index (χ2n) is 5.80. The van der Waals surface area contributed by atoms with Crippen LogP contribution in [0.25, 0.3) is 10.8 Å². The fourth-order valence-electron chi connectivity index (χ4n) is 2.64. The van der Waals surface area contributed by atoms with E-state index in [0.717, 1.165) is 37.0 Å². The van der Waals surface area contributed by atoms with E-state index in [4.69, 9.17) is 4.42 Å². The van der Waals surface area contributed by atoms with E-state index in [0.29, 0.717) is 35.0 Å². The quantitative estimate of drug-likeness (QED) is 0.856. The minimum Gasteiger partial charge on any atom is -0.420 e. The predicted molar refractivity (Wildman–Crippen MR) is 82.2 cm³/mol. The fourth-order valence-corrected chi connectivity index (χ4v) is 5.53. The lowest BCUT2D eigenvalue weighted by Gasteiger charge is -2.25. The maximum Gasteiger partial charge on any atom is 0.257 e. The molecule has 1 aliphatic heterocycles. The van der Waals surface area contributed by atoms with Crippen molar-refractivity contribution in [3.63, 3.8) is 0 Å². The van der Waals surface area contributed by atoms with Crippen LogP contribution in [-0.2, 0) is 10.0 Å². The highest BCUT2D eigenvalue weighted by Gasteiger charge is 2.31. The van der Waals surface area contributed by atoms with Gasteiger partial charge in [0.2, 0.25) is 5.89 Å². The highest BCUT2D eigenvalue weighted by atomic mass is 32.2. The van der Waals surface area contributed by atoms with E-state index in [1.54, 1.807) is 16.4 Å². The number of hydrogen-bond donors (Lipinski definition) is 0. The summed E-state index contributed by atoms with van der Waals surface area (Å²) in [4.78, 5) is 0.718. The van der Waals surface area contributed by atoms with Crippen molar-refractivity contribution < 1.29 is 12.8 Å². The van der Waals surface area contributed by atoms with Gasteiger partial charge in [0.1, 0.15) is 4.21 Å². The van der Waals surface area contributed by atoms with E-state index in [-0.39, 0.29) is 0 Å². The lowest BCUT2D eigenvalue weighted by molar-refractivity contribution is 0.347.